The lowest BCUT2D eigenvalue weighted by atomic mass is 9.97. The van der Waals surface area contributed by atoms with Gasteiger partial charge >= 0.3 is 0 Å². The summed E-state index contributed by atoms with van der Waals surface area (Å²) in [4.78, 5) is 0. The fourth-order valence-electron chi connectivity index (χ4n) is 1.66. The van der Waals surface area contributed by atoms with Gasteiger partial charge in [-0.1, -0.05) is 35.0 Å². The molecule has 0 saturated heterocycles. The summed E-state index contributed by atoms with van der Waals surface area (Å²) in [7, 11) is 0. The Morgan fingerprint density at radius 2 is 1.95 bits per heavy atom. The molecule has 1 aromatic carbocycles. The van der Waals surface area contributed by atoms with Crippen LogP contribution in [-0.2, 0) is 0 Å². The van der Waals surface area contributed by atoms with Gasteiger partial charge in [0.15, 0.2) is 0 Å². The molecule has 0 fully saturated rings. The molecular weight excluding hydrogens is 328 g/mol. The molecule has 0 spiro atoms. The lowest BCUT2D eigenvalue weighted by Crippen LogP contribution is -2.00. The van der Waals surface area contributed by atoms with E-state index in [2.05, 4.69) is 27.2 Å². The fourth-order valence-corrected chi connectivity index (χ4v) is 2.24. The Labute approximate surface area is 123 Å². The van der Waals surface area contributed by atoms with Gasteiger partial charge in [0.2, 0.25) is 0 Å². The summed E-state index contributed by atoms with van der Waals surface area (Å²) < 4.78 is 0.620. The second-order valence-corrected chi connectivity index (χ2v) is 5.05. The maximum atomic E-state index is 9.31. The molecule has 19 heavy (non-hydrogen) atoms. The second kappa shape index (κ2) is 5.87. The minimum absolute atomic E-state index is 0.414. The van der Waals surface area contributed by atoms with Crippen LogP contribution in [0.4, 0.5) is 0 Å². The van der Waals surface area contributed by atoms with Crippen molar-refractivity contribution in [3.05, 3.63) is 63.1 Å². The van der Waals surface area contributed by atoms with Gasteiger partial charge in [-0.2, -0.15) is 5.26 Å². The molecule has 5 heteroatoms. The van der Waals surface area contributed by atoms with E-state index < -0.39 is 0 Å². The average molecular weight is 336 g/mol. The van der Waals surface area contributed by atoms with Crippen LogP contribution in [0.1, 0.15) is 5.56 Å². The minimum Gasteiger partial charge on any atom is -0.410 e. The molecule has 0 aliphatic heterocycles. The molecule has 0 radical (unpaired) electrons. The van der Waals surface area contributed by atoms with Gasteiger partial charge in [0.25, 0.3) is 0 Å². The van der Waals surface area contributed by atoms with Crippen LogP contribution in [0.3, 0.4) is 0 Å². The molecule has 0 amide bonds. The Morgan fingerprint density at radius 1 is 1.26 bits per heavy atom. The molecule has 0 bridgehead atoms. The van der Waals surface area contributed by atoms with Gasteiger partial charge in [-0.15, -0.1) is 0 Å². The van der Waals surface area contributed by atoms with Gasteiger partial charge in [-0.3, -0.25) is 0 Å². The van der Waals surface area contributed by atoms with Crippen molar-refractivity contribution in [2.24, 2.45) is 5.16 Å². The summed E-state index contributed by atoms with van der Waals surface area (Å²) in [5, 5.41) is 21.8. The van der Waals surface area contributed by atoms with E-state index in [9.17, 15) is 5.26 Å². The maximum absolute atomic E-state index is 9.31. The number of nitrogens with zero attached hydrogens (tertiary/aromatic N) is 2. The van der Waals surface area contributed by atoms with Gasteiger partial charge in [0.1, 0.15) is 11.8 Å². The van der Waals surface area contributed by atoms with E-state index in [0.29, 0.717) is 20.8 Å². The summed E-state index contributed by atoms with van der Waals surface area (Å²) in [5.74, 6) is 0. The third-order valence-corrected chi connectivity index (χ3v) is 3.48. The molecule has 3 nitrogen and oxygen atoms in total. The molecule has 2 rings (SSSR count). The smallest absolute Gasteiger partial charge is 0.116 e. The Hall–Kier alpha value is -1.83. The molecule has 0 saturated carbocycles. The molecule has 0 heterocycles. The van der Waals surface area contributed by atoms with Gasteiger partial charge in [0.05, 0.1) is 5.57 Å². The van der Waals surface area contributed by atoms with E-state index in [-0.39, 0.29) is 0 Å². The van der Waals surface area contributed by atoms with Crippen molar-refractivity contribution < 1.29 is 5.21 Å². The van der Waals surface area contributed by atoms with E-state index in [0.717, 1.165) is 11.1 Å². The second-order valence-electron chi connectivity index (χ2n) is 3.76. The highest BCUT2D eigenvalue weighted by Gasteiger charge is 2.12. The molecule has 1 aliphatic carbocycles. The molecule has 94 valence electrons. The lowest BCUT2D eigenvalue weighted by molar-refractivity contribution is 0.320. The SMILES string of the molecule is N#C/C(=C1C=C/C(=N/O)C(Br)=C/1)c1ccc(Cl)cc1. The normalized spacial score (nSPS) is 19.0. The van der Waals surface area contributed by atoms with Crippen LogP contribution >= 0.6 is 27.5 Å². The monoisotopic (exact) mass is 334 g/mol. The number of rotatable bonds is 1. The Bertz CT molecular complexity index is 664. The highest BCUT2D eigenvalue weighted by Crippen LogP contribution is 2.27. The zero-order valence-electron chi connectivity index (χ0n) is 9.64. The Kier molecular flexibility index (Phi) is 4.20. The van der Waals surface area contributed by atoms with Gasteiger partial charge < -0.3 is 5.21 Å². The van der Waals surface area contributed by atoms with E-state index in [1.165, 1.54) is 0 Å². The molecule has 1 N–H and O–H groups in total. The van der Waals surface area contributed by atoms with Crippen LogP contribution in [0.2, 0.25) is 5.02 Å². The lowest BCUT2D eigenvalue weighted by Gasteiger charge is -2.08. The van der Waals surface area contributed by atoms with Crippen LogP contribution in [0.15, 0.2) is 57.7 Å². The van der Waals surface area contributed by atoms with Crippen molar-refractivity contribution in [1.29, 1.82) is 5.26 Å². The molecule has 0 atom stereocenters. The number of hydrogen-bond donors (Lipinski definition) is 1. The zero-order chi connectivity index (χ0) is 13.8. The van der Waals surface area contributed by atoms with E-state index >= 15 is 0 Å². The van der Waals surface area contributed by atoms with Gasteiger partial charge in [0, 0.05) is 9.51 Å². The first kappa shape index (κ1) is 13.6. The number of nitriles is 1. The molecular formula is C14H8BrClN2O. The zero-order valence-corrected chi connectivity index (χ0v) is 12.0. The van der Waals surface area contributed by atoms with Gasteiger partial charge in [-0.05, 0) is 51.4 Å². The fraction of sp³-hybridized carbons (Fsp3) is 0. The van der Waals surface area contributed by atoms with Crippen molar-refractivity contribution in [3.8, 4) is 6.07 Å². The topological polar surface area (TPSA) is 56.4 Å². The Balaban J connectivity index is 2.51. The summed E-state index contributed by atoms with van der Waals surface area (Å²) in [6.45, 7) is 0. The summed E-state index contributed by atoms with van der Waals surface area (Å²) >= 11 is 9.12. The van der Waals surface area contributed by atoms with Crippen molar-refractivity contribution >= 4 is 38.8 Å². The maximum Gasteiger partial charge on any atom is 0.116 e. The predicted octanol–water partition coefficient (Wildman–Crippen LogP) is 4.30. The number of oxime groups is 1. The number of halogens is 2. The third kappa shape index (κ3) is 2.95. The Morgan fingerprint density at radius 3 is 2.47 bits per heavy atom. The minimum atomic E-state index is 0.414. The number of hydrogen-bond acceptors (Lipinski definition) is 3. The van der Waals surface area contributed by atoms with E-state index in [4.69, 9.17) is 16.8 Å². The van der Waals surface area contributed by atoms with Crippen molar-refractivity contribution in [1.82, 2.24) is 0 Å². The summed E-state index contributed by atoms with van der Waals surface area (Å²) in [6.07, 6.45) is 5.10. The van der Waals surface area contributed by atoms with Crippen molar-refractivity contribution in [2.75, 3.05) is 0 Å². The van der Waals surface area contributed by atoms with Crippen molar-refractivity contribution in [2.45, 2.75) is 0 Å². The molecule has 1 aliphatic rings. The molecule has 0 unspecified atom stereocenters. The largest absolute Gasteiger partial charge is 0.410 e. The highest BCUT2D eigenvalue weighted by molar-refractivity contribution is 9.12. The van der Waals surface area contributed by atoms with E-state index in [1.807, 2.05) is 0 Å². The van der Waals surface area contributed by atoms with Crippen molar-refractivity contribution in [3.63, 3.8) is 0 Å². The van der Waals surface area contributed by atoms with Crippen LogP contribution in [-0.4, -0.2) is 10.9 Å². The molecule has 0 aromatic heterocycles. The van der Waals surface area contributed by atoms with Crippen LogP contribution in [0.5, 0.6) is 0 Å². The number of allylic oxidation sites excluding steroid dienone is 6. The first-order valence-corrected chi connectivity index (χ1v) is 6.51. The van der Waals surface area contributed by atoms with Crippen LogP contribution < -0.4 is 0 Å². The standard InChI is InChI=1S/C14H8BrClN2O/c15-13-7-10(3-6-14(13)18-19)12(8-17)9-1-4-11(16)5-2-9/h1-7,19H/b12-10+,18-14-. The van der Waals surface area contributed by atoms with E-state index in [1.54, 1.807) is 42.5 Å². The highest BCUT2D eigenvalue weighted by atomic mass is 79.9. The first-order valence-electron chi connectivity index (χ1n) is 5.33. The molecule has 1 aromatic rings. The average Bonchev–Trinajstić information content (AvgIpc) is 2.42. The summed E-state index contributed by atoms with van der Waals surface area (Å²) in [5.41, 5.74) is 2.47. The van der Waals surface area contributed by atoms with Crippen LogP contribution in [0.25, 0.3) is 5.57 Å². The first-order chi connectivity index (χ1) is 9.15. The number of benzene rings is 1. The van der Waals surface area contributed by atoms with Crippen LogP contribution in [0, 0.1) is 11.3 Å². The van der Waals surface area contributed by atoms with Gasteiger partial charge in [-0.25, -0.2) is 0 Å². The quantitative estimate of drug-likeness (QED) is 0.473. The summed E-state index contributed by atoms with van der Waals surface area (Å²) in [6, 6.07) is 9.23. The third-order valence-electron chi connectivity index (χ3n) is 2.59. The predicted molar refractivity (Wildman–Crippen MR) is 79.4 cm³/mol.